The molecule has 0 amide bonds. The summed E-state index contributed by atoms with van der Waals surface area (Å²) in [5, 5.41) is 7.34. The van der Waals surface area contributed by atoms with Crippen molar-refractivity contribution < 1.29 is 4.42 Å². The Bertz CT molecular complexity index is 331. The van der Waals surface area contributed by atoms with E-state index in [1.807, 2.05) is 0 Å². The lowest BCUT2D eigenvalue weighted by atomic mass is 10.4. The first-order chi connectivity index (χ1) is 4.90. The Morgan fingerprint density at radius 2 is 2.60 bits per heavy atom. The van der Waals surface area contributed by atoms with Crippen molar-refractivity contribution in [1.82, 2.24) is 10.2 Å². The van der Waals surface area contributed by atoms with Crippen LogP contribution in [0.3, 0.4) is 0 Å². The van der Waals surface area contributed by atoms with Gasteiger partial charge in [-0.2, -0.15) is 5.10 Å². The van der Waals surface area contributed by atoms with Gasteiger partial charge < -0.3 is 4.42 Å². The van der Waals surface area contributed by atoms with E-state index in [1.54, 1.807) is 12.3 Å². The summed E-state index contributed by atoms with van der Waals surface area (Å²) in [5.74, 6) is 0.517. The van der Waals surface area contributed by atoms with Crippen LogP contribution in [0, 0.1) is 0 Å². The van der Waals surface area contributed by atoms with Crippen LogP contribution in [0.4, 0.5) is 5.88 Å². The van der Waals surface area contributed by atoms with Gasteiger partial charge in [0.2, 0.25) is 11.6 Å². The molecular weight excluding hydrogens is 130 g/mol. The van der Waals surface area contributed by atoms with Crippen molar-refractivity contribution in [2.45, 2.75) is 0 Å². The number of H-pyrrole nitrogens is 1. The molecule has 10 heavy (non-hydrogen) atoms. The molecule has 0 fully saturated rings. The van der Waals surface area contributed by atoms with Gasteiger partial charge in [0.1, 0.15) is 0 Å². The molecule has 0 radical (unpaired) electrons. The number of aliphatic imine (C=N–C) groups is 1. The Kier molecular flexibility index (Phi) is 0.887. The van der Waals surface area contributed by atoms with E-state index in [9.17, 15) is 0 Å². The minimum atomic E-state index is 0.517. The van der Waals surface area contributed by atoms with Crippen molar-refractivity contribution in [2.75, 3.05) is 0 Å². The number of aromatic amines is 1. The molecule has 0 saturated heterocycles. The number of nitrogens with one attached hydrogen (secondary N) is 1. The van der Waals surface area contributed by atoms with Crippen molar-refractivity contribution >= 4 is 23.7 Å². The van der Waals surface area contributed by atoms with Crippen LogP contribution in [0.5, 0.6) is 0 Å². The molecule has 0 bridgehead atoms. The molecule has 2 aromatic rings. The molecule has 0 atom stereocenters. The fourth-order valence-corrected chi connectivity index (χ4v) is 0.813. The van der Waals surface area contributed by atoms with Crippen molar-refractivity contribution in [3.63, 3.8) is 0 Å². The molecule has 4 nitrogen and oxygen atoms in total. The van der Waals surface area contributed by atoms with Crippen molar-refractivity contribution in [1.29, 1.82) is 0 Å². The predicted octanol–water partition coefficient (Wildman–Crippen LogP) is 1.49. The van der Waals surface area contributed by atoms with E-state index in [4.69, 9.17) is 4.42 Å². The molecule has 2 heterocycles. The summed E-state index contributed by atoms with van der Waals surface area (Å²) in [4.78, 5) is 3.62. The highest BCUT2D eigenvalue weighted by Crippen LogP contribution is 2.21. The van der Waals surface area contributed by atoms with Crippen LogP contribution in [0.1, 0.15) is 0 Å². The Morgan fingerprint density at radius 1 is 1.70 bits per heavy atom. The summed E-state index contributed by atoms with van der Waals surface area (Å²) in [7, 11) is 0. The van der Waals surface area contributed by atoms with Crippen LogP contribution < -0.4 is 0 Å². The van der Waals surface area contributed by atoms with Crippen molar-refractivity contribution in [3.05, 3.63) is 12.3 Å². The molecular formula is C6H5N3O. The fourth-order valence-electron chi connectivity index (χ4n) is 0.813. The highest BCUT2D eigenvalue weighted by Gasteiger charge is 2.01. The third-order valence-electron chi connectivity index (χ3n) is 1.27. The lowest BCUT2D eigenvalue weighted by Crippen LogP contribution is -1.60. The van der Waals surface area contributed by atoms with E-state index < -0.39 is 0 Å². The highest BCUT2D eigenvalue weighted by atomic mass is 16.4. The molecule has 1 N–H and O–H groups in total. The van der Waals surface area contributed by atoms with E-state index in [0.29, 0.717) is 11.6 Å². The molecule has 0 saturated carbocycles. The quantitative estimate of drug-likeness (QED) is 0.602. The Hall–Kier alpha value is -1.58. The summed E-state index contributed by atoms with van der Waals surface area (Å²) in [6.07, 6.45) is 1.67. The predicted molar refractivity (Wildman–Crippen MR) is 37.6 cm³/mol. The van der Waals surface area contributed by atoms with Gasteiger partial charge in [0.25, 0.3) is 0 Å². The third kappa shape index (κ3) is 0.556. The molecule has 0 spiro atoms. The third-order valence-corrected chi connectivity index (χ3v) is 1.27. The largest absolute Gasteiger partial charge is 0.421 e. The fraction of sp³-hybridized carbons (Fsp3) is 0. The van der Waals surface area contributed by atoms with Crippen LogP contribution in [0.15, 0.2) is 21.7 Å². The number of fused-ring (bicyclic) bond motifs is 1. The van der Waals surface area contributed by atoms with E-state index in [0.717, 1.165) is 5.39 Å². The topological polar surface area (TPSA) is 54.2 Å². The van der Waals surface area contributed by atoms with Crippen molar-refractivity contribution in [2.24, 2.45) is 4.99 Å². The zero-order valence-corrected chi connectivity index (χ0v) is 5.16. The molecule has 4 heteroatoms. The SMILES string of the molecule is C=Nc1cc2cn[nH]c2o1. The lowest BCUT2D eigenvalue weighted by Gasteiger charge is -1.76. The van der Waals surface area contributed by atoms with Gasteiger partial charge in [-0.3, -0.25) is 0 Å². The highest BCUT2D eigenvalue weighted by molar-refractivity contribution is 5.76. The number of hydrogen-bond acceptors (Lipinski definition) is 3. The second kappa shape index (κ2) is 1.70. The average molecular weight is 135 g/mol. The Labute approximate surface area is 56.6 Å². The number of furan rings is 1. The summed E-state index contributed by atoms with van der Waals surface area (Å²) >= 11 is 0. The summed E-state index contributed by atoms with van der Waals surface area (Å²) in [6, 6.07) is 1.77. The van der Waals surface area contributed by atoms with Gasteiger partial charge in [-0.25, -0.2) is 10.1 Å². The molecule has 2 rings (SSSR count). The monoisotopic (exact) mass is 135 g/mol. The van der Waals surface area contributed by atoms with Crippen LogP contribution in [-0.4, -0.2) is 16.9 Å². The standard InChI is InChI=1S/C6H5N3O/c1-7-5-2-4-3-8-9-6(4)10-5/h2-3H,1H2,(H,8,9). The van der Waals surface area contributed by atoms with Crippen LogP contribution in [0.2, 0.25) is 0 Å². The van der Waals surface area contributed by atoms with Gasteiger partial charge in [-0.15, -0.1) is 0 Å². The molecule has 0 aliphatic rings. The van der Waals surface area contributed by atoms with Gasteiger partial charge in [-0.05, 0) is 6.72 Å². The summed E-state index contributed by atoms with van der Waals surface area (Å²) < 4.78 is 5.11. The molecule has 0 aliphatic heterocycles. The first-order valence-corrected chi connectivity index (χ1v) is 2.80. The molecule has 50 valence electrons. The lowest BCUT2D eigenvalue weighted by molar-refractivity contribution is 0.610. The smallest absolute Gasteiger partial charge is 0.224 e. The first-order valence-electron chi connectivity index (χ1n) is 2.80. The maximum atomic E-state index is 5.11. The van der Waals surface area contributed by atoms with Crippen LogP contribution in [0.25, 0.3) is 11.1 Å². The zero-order chi connectivity index (χ0) is 6.97. The number of nitrogens with zero attached hydrogens (tertiary/aromatic N) is 2. The summed E-state index contributed by atoms with van der Waals surface area (Å²) in [5.41, 5.74) is 0.641. The molecule has 2 aromatic heterocycles. The van der Waals surface area contributed by atoms with E-state index in [2.05, 4.69) is 21.9 Å². The molecule has 0 aromatic carbocycles. The average Bonchev–Trinajstić information content (AvgIpc) is 2.42. The number of hydrogen-bond donors (Lipinski definition) is 1. The maximum absolute atomic E-state index is 5.11. The zero-order valence-electron chi connectivity index (χ0n) is 5.16. The number of rotatable bonds is 1. The molecule has 0 unspecified atom stereocenters. The minimum Gasteiger partial charge on any atom is -0.421 e. The van der Waals surface area contributed by atoms with Crippen LogP contribution in [-0.2, 0) is 0 Å². The Morgan fingerprint density at radius 3 is 3.30 bits per heavy atom. The Balaban J connectivity index is 2.78. The normalized spacial score (nSPS) is 10.4. The van der Waals surface area contributed by atoms with E-state index in [-0.39, 0.29) is 0 Å². The van der Waals surface area contributed by atoms with Gasteiger partial charge >= 0.3 is 0 Å². The molecule has 0 aliphatic carbocycles. The van der Waals surface area contributed by atoms with Gasteiger partial charge in [0.15, 0.2) is 0 Å². The van der Waals surface area contributed by atoms with Crippen molar-refractivity contribution in [3.8, 4) is 0 Å². The van der Waals surface area contributed by atoms with Gasteiger partial charge in [0, 0.05) is 6.07 Å². The first kappa shape index (κ1) is 5.22. The van der Waals surface area contributed by atoms with Crippen LogP contribution >= 0.6 is 0 Å². The second-order valence-electron chi connectivity index (χ2n) is 1.90. The maximum Gasteiger partial charge on any atom is 0.224 e. The second-order valence-corrected chi connectivity index (χ2v) is 1.90. The minimum absolute atomic E-state index is 0.517. The summed E-state index contributed by atoms with van der Waals surface area (Å²) in [6.45, 7) is 3.33. The number of aromatic nitrogens is 2. The van der Waals surface area contributed by atoms with Gasteiger partial charge in [-0.1, -0.05) is 0 Å². The van der Waals surface area contributed by atoms with E-state index in [1.165, 1.54) is 0 Å². The van der Waals surface area contributed by atoms with Gasteiger partial charge in [0.05, 0.1) is 11.6 Å². The van der Waals surface area contributed by atoms with E-state index >= 15 is 0 Å².